The summed E-state index contributed by atoms with van der Waals surface area (Å²) in [6.45, 7) is 4.62. The fraction of sp³-hybridized carbons (Fsp3) is 0.907. The zero-order chi connectivity index (χ0) is 46.4. The van der Waals surface area contributed by atoms with Crippen molar-refractivity contribution >= 4 is 13.7 Å². The first kappa shape index (κ1) is 62.0. The number of carbonyl (C=O) groups excluding carboxylic acids is 1. The van der Waals surface area contributed by atoms with E-state index in [1.807, 2.05) is 27.2 Å². The number of nitrogens with zero attached hydrogens (tertiary/aromatic N) is 1. The number of allylic oxidation sites excluding steroid dienone is 3. The Kier molecular flexibility index (Phi) is 45.4. The molecule has 0 saturated carbocycles. The molecule has 63 heavy (non-hydrogen) atoms. The van der Waals surface area contributed by atoms with Crippen LogP contribution in [0, 0.1) is 0 Å². The lowest BCUT2D eigenvalue weighted by Gasteiger charge is -2.29. The molecule has 0 saturated heterocycles. The number of hydrogen-bond acceptors (Lipinski definition) is 6. The van der Waals surface area contributed by atoms with E-state index in [2.05, 4.69) is 31.3 Å². The van der Waals surface area contributed by atoms with Crippen LogP contribution in [0.3, 0.4) is 0 Å². The molecule has 0 aromatic heterocycles. The van der Waals surface area contributed by atoms with Gasteiger partial charge in [0, 0.05) is 6.42 Å². The largest absolute Gasteiger partial charge is 0.756 e. The van der Waals surface area contributed by atoms with Crippen molar-refractivity contribution in [2.45, 2.75) is 276 Å². The lowest BCUT2D eigenvalue weighted by Crippen LogP contribution is -2.45. The summed E-state index contributed by atoms with van der Waals surface area (Å²) in [5.41, 5.74) is 0. The molecule has 374 valence electrons. The first-order chi connectivity index (χ1) is 30.5. The summed E-state index contributed by atoms with van der Waals surface area (Å²) in [6, 6.07) is -0.898. The maximum atomic E-state index is 12.8. The van der Waals surface area contributed by atoms with E-state index in [1.54, 1.807) is 6.08 Å². The van der Waals surface area contributed by atoms with Gasteiger partial charge in [0.2, 0.25) is 5.91 Å². The smallest absolute Gasteiger partial charge is 0.268 e. The van der Waals surface area contributed by atoms with E-state index < -0.39 is 20.0 Å². The van der Waals surface area contributed by atoms with Crippen LogP contribution in [0.4, 0.5) is 0 Å². The second-order valence-corrected chi connectivity index (χ2v) is 21.3. The van der Waals surface area contributed by atoms with E-state index in [9.17, 15) is 19.4 Å². The Balaban J connectivity index is 4.02. The number of carbonyl (C=O) groups is 1. The third-order valence-corrected chi connectivity index (χ3v) is 13.4. The molecule has 3 unspecified atom stereocenters. The number of quaternary nitrogens is 1. The van der Waals surface area contributed by atoms with Crippen molar-refractivity contribution in [1.82, 2.24) is 5.32 Å². The summed E-state index contributed by atoms with van der Waals surface area (Å²) in [6.07, 6.45) is 57.2. The Bertz CT molecular complexity index is 1080. The molecule has 8 nitrogen and oxygen atoms in total. The number of likely N-dealkylation sites (N-methyl/N-ethyl adjacent to an activating group) is 1. The molecular weight excluding hydrogens is 804 g/mol. The van der Waals surface area contributed by atoms with Gasteiger partial charge in [-0.15, -0.1) is 0 Å². The average Bonchev–Trinajstić information content (AvgIpc) is 3.24. The number of amides is 1. The molecule has 0 rings (SSSR count). The minimum Gasteiger partial charge on any atom is -0.756 e. The number of nitrogens with one attached hydrogen (secondary N) is 1. The van der Waals surface area contributed by atoms with Crippen molar-refractivity contribution in [3.05, 3.63) is 24.3 Å². The van der Waals surface area contributed by atoms with Crippen molar-refractivity contribution < 1.29 is 32.9 Å². The van der Waals surface area contributed by atoms with Crippen LogP contribution in [0.2, 0.25) is 0 Å². The van der Waals surface area contributed by atoms with Crippen LogP contribution in [-0.2, 0) is 18.4 Å². The van der Waals surface area contributed by atoms with Gasteiger partial charge in [-0.1, -0.05) is 250 Å². The van der Waals surface area contributed by atoms with Gasteiger partial charge in [0.05, 0.1) is 39.9 Å². The van der Waals surface area contributed by atoms with E-state index in [0.29, 0.717) is 17.4 Å². The summed E-state index contributed by atoms with van der Waals surface area (Å²) in [5, 5.41) is 13.8. The highest BCUT2D eigenvalue weighted by Gasteiger charge is 2.23. The molecule has 2 N–H and O–H groups in total. The third-order valence-electron chi connectivity index (χ3n) is 12.4. The van der Waals surface area contributed by atoms with Crippen LogP contribution in [0.15, 0.2) is 24.3 Å². The summed E-state index contributed by atoms with van der Waals surface area (Å²) in [4.78, 5) is 25.2. The molecule has 0 aliphatic carbocycles. The Morgan fingerprint density at radius 3 is 1.29 bits per heavy atom. The number of phosphoric ester groups is 1. The first-order valence-electron chi connectivity index (χ1n) is 27.2. The standard InChI is InChI=1S/C54H107N2O6P/c1-6-8-10-12-14-16-17-18-19-20-21-22-23-24-25-26-27-28-29-30-31-32-33-34-35-36-37-38-40-41-43-45-47-53(57)52(51-62-63(59,60)61-50-49-56(3,4)5)55-54(58)48-46-44-42-39-15-13-11-9-7-2/h38,40,45,47,52-53,57H,6-37,39,41-44,46,48-51H2,1-5H3,(H-,55,58,59,60)/b40-38+,47-45+. The van der Waals surface area contributed by atoms with Crippen LogP contribution >= 0.6 is 7.82 Å². The Hall–Kier alpha value is -1.02. The highest BCUT2D eigenvalue weighted by Crippen LogP contribution is 2.38. The molecule has 0 aliphatic rings. The fourth-order valence-corrected chi connectivity index (χ4v) is 8.84. The molecule has 0 aromatic carbocycles. The zero-order valence-corrected chi connectivity index (χ0v) is 43.4. The van der Waals surface area contributed by atoms with Crippen molar-refractivity contribution in [2.75, 3.05) is 40.9 Å². The number of aliphatic hydroxyl groups excluding tert-OH is 1. The second kappa shape index (κ2) is 46.1. The van der Waals surface area contributed by atoms with Crippen molar-refractivity contribution in [3.63, 3.8) is 0 Å². The van der Waals surface area contributed by atoms with Gasteiger partial charge >= 0.3 is 0 Å². The van der Waals surface area contributed by atoms with E-state index in [4.69, 9.17) is 9.05 Å². The summed E-state index contributed by atoms with van der Waals surface area (Å²) in [7, 11) is 1.25. The molecule has 3 atom stereocenters. The molecule has 0 aliphatic heterocycles. The summed E-state index contributed by atoms with van der Waals surface area (Å²) < 4.78 is 23.2. The lowest BCUT2D eigenvalue weighted by atomic mass is 10.0. The maximum absolute atomic E-state index is 12.8. The third kappa shape index (κ3) is 48.7. The second-order valence-electron chi connectivity index (χ2n) is 19.9. The van der Waals surface area contributed by atoms with Crippen molar-refractivity contribution in [2.24, 2.45) is 0 Å². The highest BCUT2D eigenvalue weighted by atomic mass is 31.2. The quantitative estimate of drug-likeness (QED) is 0.0272. The van der Waals surface area contributed by atoms with Gasteiger partial charge in [0.1, 0.15) is 13.2 Å². The summed E-state index contributed by atoms with van der Waals surface area (Å²) >= 11 is 0. The maximum Gasteiger partial charge on any atom is 0.268 e. The number of rotatable bonds is 50. The lowest BCUT2D eigenvalue weighted by molar-refractivity contribution is -0.870. The van der Waals surface area contributed by atoms with Gasteiger partial charge in [-0.25, -0.2) is 0 Å². The molecule has 1 amide bonds. The zero-order valence-electron chi connectivity index (χ0n) is 42.5. The van der Waals surface area contributed by atoms with Crippen LogP contribution < -0.4 is 10.2 Å². The number of aliphatic hydroxyl groups is 1. The molecule has 0 heterocycles. The van der Waals surface area contributed by atoms with E-state index >= 15 is 0 Å². The molecular formula is C54H107N2O6P. The molecule has 0 bridgehead atoms. The van der Waals surface area contributed by atoms with Crippen LogP contribution in [-0.4, -0.2) is 68.5 Å². The first-order valence-corrected chi connectivity index (χ1v) is 28.7. The van der Waals surface area contributed by atoms with E-state index in [1.165, 1.54) is 205 Å². The minimum atomic E-state index is -4.59. The number of unbranched alkanes of at least 4 members (excludes halogenated alkanes) is 35. The normalized spacial score (nSPS) is 14.2. The minimum absolute atomic E-state index is 0.00438. The predicted octanol–water partition coefficient (Wildman–Crippen LogP) is 15.4. The van der Waals surface area contributed by atoms with E-state index in [0.717, 1.165) is 38.5 Å². The topological polar surface area (TPSA) is 108 Å². The average molecular weight is 911 g/mol. The molecule has 9 heteroatoms. The Morgan fingerprint density at radius 1 is 0.540 bits per heavy atom. The van der Waals surface area contributed by atoms with E-state index in [-0.39, 0.29) is 19.1 Å². The van der Waals surface area contributed by atoms with Gasteiger partial charge in [0.15, 0.2) is 0 Å². The monoisotopic (exact) mass is 911 g/mol. The summed E-state index contributed by atoms with van der Waals surface area (Å²) in [5.74, 6) is -0.209. The van der Waals surface area contributed by atoms with Crippen molar-refractivity contribution in [3.8, 4) is 0 Å². The van der Waals surface area contributed by atoms with Crippen LogP contribution in [0.1, 0.15) is 264 Å². The Labute approximate surface area is 392 Å². The van der Waals surface area contributed by atoms with Gasteiger partial charge in [-0.05, 0) is 32.1 Å². The van der Waals surface area contributed by atoms with Gasteiger partial charge in [-0.2, -0.15) is 0 Å². The fourth-order valence-electron chi connectivity index (χ4n) is 8.11. The van der Waals surface area contributed by atoms with Gasteiger partial charge in [0.25, 0.3) is 7.82 Å². The molecule has 0 radical (unpaired) electrons. The van der Waals surface area contributed by atoms with Crippen LogP contribution in [0.5, 0.6) is 0 Å². The molecule has 0 fully saturated rings. The number of hydrogen-bond donors (Lipinski definition) is 2. The van der Waals surface area contributed by atoms with Gasteiger partial charge in [-0.3, -0.25) is 9.36 Å². The van der Waals surface area contributed by atoms with Crippen molar-refractivity contribution in [1.29, 1.82) is 0 Å². The molecule has 0 aromatic rings. The number of phosphoric acid groups is 1. The Morgan fingerprint density at radius 2 is 0.889 bits per heavy atom. The van der Waals surface area contributed by atoms with Crippen LogP contribution in [0.25, 0.3) is 0 Å². The highest BCUT2D eigenvalue weighted by molar-refractivity contribution is 7.45. The molecule has 0 spiro atoms. The van der Waals surface area contributed by atoms with Gasteiger partial charge < -0.3 is 28.8 Å². The predicted molar refractivity (Wildman–Crippen MR) is 270 cm³/mol. The SMILES string of the molecule is CCCCCCCCCCCCCCCCCCCCCCCCCCCC/C=C/CC/C=C/C(O)C(COP(=O)([O-])OCC[N+](C)(C)C)NC(=O)CCCCCCCCCCC.